The summed E-state index contributed by atoms with van der Waals surface area (Å²) in [6.45, 7) is 3.78. The van der Waals surface area contributed by atoms with E-state index in [1.54, 1.807) is 0 Å². The van der Waals surface area contributed by atoms with Crippen molar-refractivity contribution < 1.29 is 9.90 Å². The predicted molar refractivity (Wildman–Crippen MR) is 58.3 cm³/mol. The molecule has 0 heterocycles. The molecule has 7 nitrogen and oxygen atoms in total. The van der Waals surface area contributed by atoms with Crippen molar-refractivity contribution in [1.29, 1.82) is 0 Å². The predicted octanol–water partition coefficient (Wildman–Crippen LogP) is -0.926. The van der Waals surface area contributed by atoms with Crippen LogP contribution in [0, 0.1) is 5.92 Å². The molecular formula is C8H17N5O2. The molecule has 7 heteroatoms. The third-order valence-electron chi connectivity index (χ3n) is 1.51. The summed E-state index contributed by atoms with van der Waals surface area (Å²) in [5.41, 5.74) is 15.5. The van der Waals surface area contributed by atoms with E-state index < -0.39 is 12.0 Å². The Balaban J connectivity index is 4.66. The molecule has 15 heavy (non-hydrogen) atoms. The normalized spacial score (nSPS) is 13.7. The third-order valence-corrected chi connectivity index (χ3v) is 1.51. The lowest BCUT2D eigenvalue weighted by molar-refractivity contribution is -0.138. The van der Waals surface area contributed by atoms with Gasteiger partial charge >= 0.3 is 5.97 Å². The number of carboxylic acids is 1. The van der Waals surface area contributed by atoms with Crippen molar-refractivity contribution in [3.63, 3.8) is 0 Å². The van der Waals surface area contributed by atoms with E-state index in [2.05, 4.69) is 9.98 Å². The van der Waals surface area contributed by atoms with E-state index in [0.717, 1.165) is 0 Å². The van der Waals surface area contributed by atoms with E-state index in [9.17, 15) is 4.79 Å². The highest BCUT2D eigenvalue weighted by molar-refractivity contribution is 5.93. The van der Waals surface area contributed by atoms with Crippen molar-refractivity contribution in [2.24, 2.45) is 33.1 Å². The summed E-state index contributed by atoms with van der Waals surface area (Å²) in [5.74, 6) is -1.31. The number of carboxylic acid groups (broad SMARTS) is 1. The van der Waals surface area contributed by atoms with Crippen molar-refractivity contribution in [2.45, 2.75) is 26.3 Å². The molecule has 0 saturated carbocycles. The number of carbonyl (C=O) groups is 1. The highest BCUT2D eigenvalue weighted by Gasteiger charge is 2.17. The Kier molecular flexibility index (Phi) is 5.14. The zero-order chi connectivity index (χ0) is 12.0. The van der Waals surface area contributed by atoms with Crippen molar-refractivity contribution in [3.8, 4) is 0 Å². The zero-order valence-electron chi connectivity index (χ0n) is 8.84. The van der Waals surface area contributed by atoms with Crippen LogP contribution in [0.4, 0.5) is 0 Å². The van der Waals surface area contributed by atoms with Gasteiger partial charge in [0.15, 0.2) is 12.0 Å². The molecule has 0 aromatic heterocycles. The fourth-order valence-corrected chi connectivity index (χ4v) is 0.976. The molecule has 0 aromatic carbocycles. The van der Waals surface area contributed by atoms with Gasteiger partial charge in [0.1, 0.15) is 0 Å². The lowest BCUT2D eigenvalue weighted by atomic mass is 10.0. The molecule has 0 rings (SSSR count). The number of guanidine groups is 2. The van der Waals surface area contributed by atoms with Crippen LogP contribution in [0.2, 0.25) is 0 Å². The molecule has 0 amide bonds. The van der Waals surface area contributed by atoms with Crippen LogP contribution in [-0.4, -0.2) is 29.0 Å². The van der Waals surface area contributed by atoms with Gasteiger partial charge in [-0.2, -0.15) is 4.99 Å². The van der Waals surface area contributed by atoms with Crippen LogP contribution < -0.4 is 17.2 Å². The molecule has 0 fully saturated rings. The van der Waals surface area contributed by atoms with Gasteiger partial charge < -0.3 is 22.3 Å². The molecule has 1 atom stereocenters. The van der Waals surface area contributed by atoms with Gasteiger partial charge in [0, 0.05) is 0 Å². The fourth-order valence-electron chi connectivity index (χ4n) is 0.976. The van der Waals surface area contributed by atoms with E-state index in [-0.39, 0.29) is 17.8 Å². The maximum atomic E-state index is 10.8. The van der Waals surface area contributed by atoms with Crippen LogP contribution in [0.1, 0.15) is 20.3 Å². The number of hydrogen-bond acceptors (Lipinski definition) is 2. The highest BCUT2D eigenvalue weighted by Crippen LogP contribution is 2.08. The van der Waals surface area contributed by atoms with E-state index in [4.69, 9.17) is 22.3 Å². The lowest BCUT2D eigenvalue weighted by Gasteiger charge is -2.09. The molecule has 86 valence electrons. The number of nitrogens with two attached hydrogens (primary N) is 3. The standard InChI is InChI=1S/C8H17N5O2/c1-4(2)3-5(6(14)15)12-8(11)13-7(9)10/h4-5H,3H2,1-2H3,(H,14,15)(H6,9,10,11,12,13). The molecule has 0 spiro atoms. The first kappa shape index (κ1) is 13.2. The van der Waals surface area contributed by atoms with E-state index in [1.807, 2.05) is 13.8 Å². The van der Waals surface area contributed by atoms with E-state index in [0.29, 0.717) is 6.42 Å². The average molecular weight is 215 g/mol. The minimum atomic E-state index is -1.04. The monoisotopic (exact) mass is 215 g/mol. The van der Waals surface area contributed by atoms with Crippen LogP contribution in [0.15, 0.2) is 9.98 Å². The van der Waals surface area contributed by atoms with Crippen LogP contribution >= 0.6 is 0 Å². The Bertz CT molecular complexity index is 281. The number of rotatable bonds is 4. The van der Waals surface area contributed by atoms with Crippen molar-refractivity contribution >= 4 is 17.9 Å². The van der Waals surface area contributed by atoms with Gasteiger partial charge in [-0.05, 0) is 12.3 Å². The summed E-state index contributed by atoms with van der Waals surface area (Å²) in [5, 5.41) is 8.83. The van der Waals surface area contributed by atoms with Crippen molar-refractivity contribution in [2.75, 3.05) is 0 Å². The summed E-state index contributed by atoms with van der Waals surface area (Å²) in [7, 11) is 0. The second kappa shape index (κ2) is 5.84. The zero-order valence-corrected chi connectivity index (χ0v) is 8.84. The maximum Gasteiger partial charge on any atom is 0.328 e. The van der Waals surface area contributed by atoms with Gasteiger partial charge in [-0.15, -0.1) is 0 Å². The molecular weight excluding hydrogens is 198 g/mol. The topological polar surface area (TPSA) is 140 Å². The van der Waals surface area contributed by atoms with Crippen LogP contribution in [0.25, 0.3) is 0 Å². The third kappa shape index (κ3) is 6.30. The summed E-state index contributed by atoms with van der Waals surface area (Å²) >= 11 is 0. The van der Waals surface area contributed by atoms with Gasteiger partial charge in [-0.1, -0.05) is 13.8 Å². The van der Waals surface area contributed by atoms with Gasteiger partial charge in [0.2, 0.25) is 5.96 Å². The molecule has 0 bridgehead atoms. The van der Waals surface area contributed by atoms with E-state index in [1.165, 1.54) is 0 Å². The van der Waals surface area contributed by atoms with Crippen LogP contribution in [0.5, 0.6) is 0 Å². The average Bonchev–Trinajstić information content (AvgIpc) is 1.99. The lowest BCUT2D eigenvalue weighted by Crippen LogP contribution is -2.29. The molecule has 0 aromatic rings. The highest BCUT2D eigenvalue weighted by atomic mass is 16.4. The molecule has 0 aliphatic carbocycles. The molecule has 7 N–H and O–H groups in total. The van der Waals surface area contributed by atoms with Gasteiger partial charge in [-0.25, -0.2) is 9.79 Å². The number of nitrogens with zero attached hydrogens (tertiary/aromatic N) is 2. The first-order valence-electron chi connectivity index (χ1n) is 4.48. The smallest absolute Gasteiger partial charge is 0.328 e. The molecule has 0 aliphatic rings. The quantitative estimate of drug-likeness (QED) is 0.354. The Morgan fingerprint density at radius 1 is 1.33 bits per heavy atom. The Morgan fingerprint density at radius 2 is 1.87 bits per heavy atom. The second-order valence-electron chi connectivity index (χ2n) is 3.51. The first-order valence-corrected chi connectivity index (χ1v) is 4.48. The largest absolute Gasteiger partial charge is 0.480 e. The van der Waals surface area contributed by atoms with Crippen LogP contribution in [0.3, 0.4) is 0 Å². The van der Waals surface area contributed by atoms with Crippen molar-refractivity contribution in [1.82, 2.24) is 0 Å². The minimum Gasteiger partial charge on any atom is -0.480 e. The summed E-state index contributed by atoms with van der Waals surface area (Å²) in [4.78, 5) is 17.9. The number of hydrogen-bond donors (Lipinski definition) is 4. The second-order valence-corrected chi connectivity index (χ2v) is 3.51. The van der Waals surface area contributed by atoms with Crippen LogP contribution in [-0.2, 0) is 4.79 Å². The van der Waals surface area contributed by atoms with Gasteiger partial charge in [-0.3, -0.25) is 0 Å². The fraction of sp³-hybridized carbons (Fsp3) is 0.625. The molecule has 0 aliphatic heterocycles. The Hall–Kier alpha value is -1.79. The Labute approximate surface area is 88.1 Å². The van der Waals surface area contributed by atoms with Crippen molar-refractivity contribution in [3.05, 3.63) is 0 Å². The maximum absolute atomic E-state index is 10.8. The van der Waals surface area contributed by atoms with Gasteiger partial charge in [0.25, 0.3) is 0 Å². The molecule has 0 radical (unpaired) electrons. The van der Waals surface area contributed by atoms with E-state index >= 15 is 0 Å². The summed E-state index contributed by atoms with van der Waals surface area (Å²) < 4.78 is 0. The minimum absolute atomic E-state index is 0.196. The van der Waals surface area contributed by atoms with Gasteiger partial charge in [0.05, 0.1) is 0 Å². The Morgan fingerprint density at radius 3 is 2.20 bits per heavy atom. The molecule has 0 saturated heterocycles. The summed E-state index contributed by atoms with van der Waals surface area (Å²) in [6.07, 6.45) is 0.385. The SMILES string of the molecule is CC(C)CC(N=C(N)N=C(N)N)C(=O)O. The molecule has 1 unspecified atom stereocenters. The first-order chi connectivity index (χ1) is 6.82. The number of aliphatic imine (C=N–C) groups is 2. The summed E-state index contributed by atoms with van der Waals surface area (Å²) in [6, 6.07) is -0.909. The number of aliphatic carboxylic acids is 1.